The zero-order chi connectivity index (χ0) is 13.5. The van der Waals surface area contributed by atoms with Gasteiger partial charge in [-0.1, -0.05) is 13.8 Å². The number of pyridine rings is 1. The van der Waals surface area contributed by atoms with Gasteiger partial charge in [-0.05, 0) is 6.07 Å². The first-order chi connectivity index (χ1) is 8.54. The second kappa shape index (κ2) is 6.79. The summed E-state index contributed by atoms with van der Waals surface area (Å²) in [5.41, 5.74) is 6.13. The molecule has 0 aliphatic carbocycles. The van der Waals surface area contributed by atoms with E-state index in [1.165, 1.54) is 12.3 Å². The highest BCUT2D eigenvalue weighted by Crippen LogP contribution is 2.19. The Hall–Kier alpha value is -1.84. The molecule has 4 N–H and O–H groups in total. The number of nitrogen functional groups attached to an aromatic ring is 1. The van der Waals surface area contributed by atoms with Gasteiger partial charge in [0.2, 0.25) is 5.88 Å². The van der Waals surface area contributed by atoms with Gasteiger partial charge in [-0.3, -0.25) is 0 Å². The quantitative estimate of drug-likeness (QED) is 0.669. The zero-order valence-corrected chi connectivity index (χ0v) is 10.6. The molecular weight excluding hydrogens is 232 g/mol. The summed E-state index contributed by atoms with van der Waals surface area (Å²) in [4.78, 5) is 3.92. The average molecular weight is 250 g/mol. The van der Waals surface area contributed by atoms with E-state index in [0.717, 1.165) is 0 Å². The first kappa shape index (κ1) is 14.2. The molecule has 0 saturated carbocycles. The number of hydrogen-bond acceptors (Lipinski definition) is 6. The molecule has 1 atom stereocenters. The van der Waals surface area contributed by atoms with Crippen LogP contribution in [0, 0.1) is 11.3 Å². The van der Waals surface area contributed by atoms with Gasteiger partial charge in [0, 0.05) is 18.8 Å². The lowest BCUT2D eigenvalue weighted by molar-refractivity contribution is 0.102. The number of aromatic nitrogens is 1. The number of nitriles is 1. The molecule has 6 nitrogen and oxygen atoms in total. The summed E-state index contributed by atoms with van der Waals surface area (Å²) >= 11 is 0. The van der Waals surface area contributed by atoms with Crippen LogP contribution in [-0.4, -0.2) is 35.4 Å². The maximum absolute atomic E-state index is 9.66. The Balaban J connectivity index is 2.54. The number of aliphatic hydroxyl groups excluding tert-OH is 1. The highest BCUT2D eigenvalue weighted by molar-refractivity contribution is 5.57. The van der Waals surface area contributed by atoms with Gasteiger partial charge < -0.3 is 20.9 Å². The highest BCUT2D eigenvalue weighted by Gasteiger charge is 2.11. The molecule has 1 heterocycles. The molecule has 0 fully saturated rings. The Labute approximate surface area is 106 Å². The van der Waals surface area contributed by atoms with Crippen molar-refractivity contribution in [1.82, 2.24) is 10.3 Å². The van der Waals surface area contributed by atoms with Crippen LogP contribution in [-0.2, 0) is 0 Å². The minimum absolute atomic E-state index is 0.0604. The van der Waals surface area contributed by atoms with E-state index in [4.69, 9.17) is 15.7 Å². The topological polar surface area (TPSA) is 104 Å². The number of nitrogens with one attached hydrogen (secondary N) is 1. The molecule has 18 heavy (non-hydrogen) atoms. The summed E-state index contributed by atoms with van der Waals surface area (Å²) in [5, 5.41) is 21.7. The Morgan fingerprint density at radius 3 is 2.94 bits per heavy atom. The smallest absolute Gasteiger partial charge is 0.233 e. The molecule has 0 aromatic carbocycles. The van der Waals surface area contributed by atoms with Crippen molar-refractivity contribution in [2.24, 2.45) is 0 Å². The van der Waals surface area contributed by atoms with Crippen LogP contribution in [0.5, 0.6) is 5.88 Å². The average Bonchev–Trinajstić information content (AvgIpc) is 2.33. The predicted octanol–water partition coefficient (Wildman–Crippen LogP) is 0.273. The van der Waals surface area contributed by atoms with E-state index in [0.29, 0.717) is 18.3 Å². The van der Waals surface area contributed by atoms with Crippen LogP contribution >= 0.6 is 0 Å². The summed E-state index contributed by atoms with van der Waals surface area (Å²) in [6.45, 7) is 4.45. The van der Waals surface area contributed by atoms with Crippen molar-refractivity contribution >= 4 is 5.69 Å². The summed E-state index contributed by atoms with van der Waals surface area (Å²) < 4.78 is 5.30. The van der Waals surface area contributed by atoms with E-state index in [2.05, 4.69) is 10.3 Å². The molecule has 1 aromatic rings. The summed E-state index contributed by atoms with van der Waals surface area (Å²) in [5.74, 6) is 0.154. The van der Waals surface area contributed by atoms with Crippen molar-refractivity contribution in [3.05, 3.63) is 17.8 Å². The van der Waals surface area contributed by atoms with E-state index < -0.39 is 6.10 Å². The van der Waals surface area contributed by atoms with Gasteiger partial charge in [0.05, 0.1) is 5.69 Å². The van der Waals surface area contributed by atoms with Gasteiger partial charge in [-0.15, -0.1) is 0 Å². The lowest BCUT2D eigenvalue weighted by Gasteiger charge is -2.15. The maximum Gasteiger partial charge on any atom is 0.233 e. The molecule has 0 radical (unpaired) electrons. The molecule has 6 heteroatoms. The third-order valence-corrected chi connectivity index (χ3v) is 2.23. The standard InChI is InChI=1S/C12H18N4O2/c1-8(2)16-6-9(17)7-18-12-10(5-13)11(14)3-4-15-12/h3-4,8-9,16-17H,6-7H2,1-2H3,(H2,14,15). The number of nitrogens with zero attached hydrogens (tertiary/aromatic N) is 2. The molecule has 1 rings (SSSR count). The SMILES string of the molecule is CC(C)NCC(O)COc1nccc(N)c1C#N. The number of rotatable bonds is 6. The predicted molar refractivity (Wildman–Crippen MR) is 68.0 cm³/mol. The Kier molecular flexibility index (Phi) is 5.36. The molecule has 0 amide bonds. The van der Waals surface area contributed by atoms with Gasteiger partial charge in [0.25, 0.3) is 0 Å². The largest absolute Gasteiger partial charge is 0.474 e. The molecule has 1 aromatic heterocycles. The molecule has 0 bridgehead atoms. The fraction of sp³-hybridized carbons (Fsp3) is 0.500. The van der Waals surface area contributed by atoms with Gasteiger partial charge in [0.15, 0.2) is 0 Å². The lowest BCUT2D eigenvalue weighted by atomic mass is 10.2. The minimum atomic E-state index is -0.665. The molecule has 0 aliphatic heterocycles. The van der Waals surface area contributed by atoms with Crippen LogP contribution < -0.4 is 15.8 Å². The Morgan fingerprint density at radius 2 is 2.33 bits per heavy atom. The first-order valence-electron chi connectivity index (χ1n) is 5.73. The van der Waals surface area contributed by atoms with Crippen LogP contribution in [0.1, 0.15) is 19.4 Å². The number of ether oxygens (including phenoxy) is 1. The number of hydrogen-bond donors (Lipinski definition) is 3. The minimum Gasteiger partial charge on any atom is -0.474 e. The normalized spacial score (nSPS) is 12.2. The number of aliphatic hydroxyl groups is 1. The van der Waals surface area contributed by atoms with Crippen LogP contribution in [0.4, 0.5) is 5.69 Å². The van der Waals surface area contributed by atoms with Crippen LogP contribution in [0.25, 0.3) is 0 Å². The summed E-state index contributed by atoms with van der Waals surface area (Å²) in [7, 11) is 0. The van der Waals surface area contributed by atoms with Crippen LogP contribution in [0.3, 0.4) is 0 Å². The molecule has 0 spiro atoms. The zero-order valence-electron chi connectivity index (χ0n) is 10.6. The second-order valence-corrected chi connectivity index (χ2v) is 4.22. The van der Waals surface area contributed by atoms with Crippen molar-refractivity contribution in [3.8, 4) is 11.9 Å². The van der Waals surface area contributed by atoms with Gasteiger partial charge >= 0.3 is 0 Å². The molecule has 1 unspecified atom stereocenters. The second-order valence-electron chi connectivity index (χ2n) is 4.22. The fourth-order valence-corrected chi connectivity index (χ4v) is 1.28. The van der Waals surface area contributed by atoms with Gasteiger partial charge in [0.1, 0.15) is 24.3 Å². The van der Waals surface area contributed by atoms with Crippen LogP contribution in [0.15, 0.2) is 12.3 Å². The third kappa shape index (κ3) is 4.20. The molecule has 0 aliphatic rings. The van der Waals surface area contributed by atoms with Crippen molar-refractivity contribution in [3.63, 3.8) is 0 Å². The molecule has 0 saturated heterocycles. The maximum atomic E-state index is 9.66. The van der Waals surface area contributed by atoms with E-state index in [1.54, 1.807) is 0 Å². The van der Waals surface area contributed by atoms with Gasteiger partial charge in [-0.25, -0.2) is 4.98 Å². The monoisotopic (exact) mass is 250 g/mol. The first-order valence-corrected chi connectivity index (χ1v) is 5.73. The van der Waals surface area contributed by atoms with Crippen LogP contribution in [0.2, 0.25) is 0 Å². The Morgan fingerprint density at radius 1 is 1.61 bits per heavy atom. The third-order valence-electron chi connectivity index (χ3n) is 2.23. The van der Waals surface area contributed by atoms with E-state index in [9.17, 15) is 5.11 Å². The van der Waals surface area contributed by atoms with Crippen molar-refractivity contribution < 1.29 is 9.84 Å². The Bertz CT molecular complexity index is 429. The van der Waals surface area contributed by atoms with Crippen molar-refractivity contribution in [2.75, 3.05) is 18.9 Å². The highest BCUT2D eigenvalue weighted by atomic mass is 16.5. The fourth-order valence-electron chi connectivity index (χ4n) is 1.28. The number of anilines is 1. The van der Waals surface area contributed by atoms with Crippen molar-refractivity contribution in [2.45, 2.75) is 26.0 Å². The van der Waals surface area contributed by atoms with Gasteiger partial charge in [-0.2, -0.15) is 5.26 Å². The molecular formula is C12H18N4O2. The summed E-state index contributed by atoms with van der Waals surface area (Å²) in [6, 6.07) is 3.75. The van der Waals surface area contributed by atoms with E-state index >= 15 is 0 Å². The lowest BCUT2D eigenvalue weighted by Crippen LogP contribution is -2.35. The number of nitrogens with two attached hydrogens (primary N) is 1. The summed E-state index contributed by atoms with van der Waals surface area (Å²) in [6.07, 6.45) is 0.798. The van der Waals surface area contributed by atoms with Crippen molar-refractivity contribution in [1.29, 1.82) is 5.26 Å². The van der Waals surface area contributed by atoms with E-state index in [-0.39, 0.29) is 18.1 Å². The van der Waals surface area contributed by atoms with E-state index in [1.807, 2.05) is 19.9 Å². The molecule has 98 valence electrons.